The third-order valence-electron chi connectivity index (χ3n) is 2.86. The molecule has 0 atom stereocenters. The average molecular weight is 262 g/mol. The summed E-state index contributed by atoms with van der Waals surface area (Å²) in [5.74, 6) is 0.355. The molecule has 19 heavy (non-hydrogen) atoms. The summed E-state index contributed by atoms with van der Waals surface area (Å²) in [4.78, 5) is 0. The summed E-state index contributed by atoms with van der Waals surface area (Å²) in [7, 11) is 1.47. The summed E-state index contributed by atoms with van der Waals surface area (Å²) in [6.07, 6.45) is 2.22. The molecule has 102 valence electrons. The highest BCUT2D eigenvalue weighted by molar-refractivity contribution is 5.76. The van der Waals surface area contributed by atoms with E-state index in [1.807, 2.05) is 6.92 Å². The van der Waals surface area contributed by atoms with Gasteiger partial charge in [-0.3, -0.25) is 0 Å². The van der Waals surface area contributed by atoms with Gasteiger partial charge in [-0.1, -0.05) is 19.6 Å². The van der Waals surface area contributed by atoms with Crippen molar-refractivity contribution < 1.29 is 14.9 Å². The van der Waals surface area contributed by atoms with Crippen molar-refractivity contribution in [3.8, 4) is 11.5 Å². The molecule has 0 aliphatic rings. The molecule has 0 saturated carbocycles. The van der Waals surface area contributed by atoms with Crippen LogP contribution in [0.4, 0.5) is 0 Å². The minimum Gasteiger partial charge on any atom is -0.507 e. The van der Waals surface area contributed by atoms with E-state index in [4.69, 9.17) is 10.3 Å². The fourth-order valence-electron chi connectivity index (χ4n) is 1.87. The quantitative estimate of drug-likeness (QED) is 0.543. The Morgan fingerprint density at radius 2 is 2.21 bits per heavy atom. The van der Waals surface area contributed by atoms with E-state index in [9.17, 15) is 10.2 Å². The molecule has 0 unspecified atom stereocenters. The SMILES string of the molecule is C=C/C(CC)=C(\N=N)c1c(O)cc(OC)cc1CO. The number of nitrogens with one attached hydrogen (secondary N) is 1. The van der Waals surface area contributed by atoms with Crippen LogP contribution in [0, 0.1) is 5.53 Å². The largest absolute Gasteiger partial charge is 0.507 e. The van der Waals surface area contributed by atoms with Crippen molar-refractivity contribution in [1.82, 2.24) is 0 Å². The second-order valence-corrected chi connectivity index (χ2v) is 3.88. The maximum atomic E-state index is 10.1. The Morgan fingerprint density at radius 3 is 2.63 bits per heavy atom. The summed E-state index contributed by atoms with van der Waals surface area (Å²) < 4.78 is 5.03. The zero-order valence-electron chi connectivity index (χ0n) is 11.1. The molecule has 5 heteroatoms. The standard InChI is InChI=1S/C14H18N2O3/c1-4-9(5-2)14(16-15)13-10(8-17)6-11(19-3)7-12(13)18/h4,6-7,15,17-18H,1,5,8H2,2-3H3/b14-9+,16-15?. The van der Waals surface area contributed by atoms with Crippen molar-refractivity contribution >= 4 is 5.70 Å². The third kappa shape index (κ3) is 3.00. The molecule has 5 nitrogen and oxygen atoms in total. The lowest BCUT2D eigenvalue weighted by atomic mass is 9.98. The number of hydrogen-bond acceptors (Lipinski definition) is 5. The predicted molar refractivity (Wildman–Crippen MR) is 73.1 cm³/mol. The fraction of sp³-hybridized carbons (Fsp3) is 0.286. The lowest BCUT2D eigenvalue weighted by molar-refractivity contribution is 0.279. The van der Waals surface area contributed by atoms with Gasteiger partial charge < -0.3 is 14.9 Å². The highest BCUT2D eigenvalue weighted by Gasteiger charge is 2.17. The second-order valence-electron chi connectivity index (χ2n) is 3.88. The van der Waals surface area contributed by atoms with Gasteiger partial charge in [0.05, 0.1) is 19.4 Å². The minimum absolute atomic E-state index is 0.0813. The molecule has 0 aromatic heterocycles. The molecule has 0 aliphatic heterocycles. The first-order chi connectivity index (χ1) is 9.12. The molecule has 1 aromatic rings. The molecule has 0 heterocycles. The van der Waals surface area contributed by atoms with E-state index in [0.717, 1.165) is 5.57 Å². The predicted octanol–water partition coefficient (Wildman–Crippen LogP) is 3.23. The first-order valence-corrected chi connectivity index (χ1v) is 5.87. The van der Waals surface area contributed by atoms with Gasteiger partial charge in [0.15, 0.2) is 0 Å². The minimum atomic E-state index is -0.284. The smallest absolute Gasteiger partial charge is 0.129 e. The summed E-state index contributed by atoms with van der Waals surface area (Å²) in [5.41, 5.74) is 9.13. The third-order valence-corrected chi connectivity index (χ3v) is 2.86. The van der Waals surface area contributed by atoms with E-state index in [1.54, 1.807) is 12.1 Å². The van der Waals surface area contributed by atoms with Crippen LogP contribution in [0.3, 0.4) is 0 Å². The molecule has 0 bridgehead atoms. The topological polar surface area (TPSA) is 85.9 Å². The van der Waals surface area contributed by atoms with Gasteiger partial charge in [-0.05, 0) is 23.6 Å². The van der Waals surface area contributed by atoms with Crippen LogP contribution in [0.15, 0.2) is 35.5 Å². The molecule has 0 radical (unpaired) electrons. The van der Waals surface area contributed by atoms with Crippen LogP contribution < -0.4 is 4.74 Å². The number of phenols is 1. The van der Waals surface area contributed by atoms with Crippen LogP contribution in [0.2, 0.25) is 0 Å². The molecular weight excluding hydrogens is 244 g/mol. The average Bonchev–Trinajstić information content (AvgIpc) is 2.44. The molecule has 0 spiro atoms. The molecule has 3 N–H and O–H groups in total. The van der Waals surface area contributed by atoms with Gasteiger partial charge in [-0.25, -0.2) is 5.53 Å². The van der Waals surface area contributed by atoms with Crippen LogP contribution in [0.25, 0.3) is 5.70 Å². The second kappa shape index (κ2) is 6.70. The Bertz CT molecular complexity index is 522. The lowest BCUT2D eigenvalue weighted by Crippen LogP contribution is -1.97. The number of aliphatic hydroxyl groups is 1. The van der Waals surface area contributed by atoms with Gasteiger partial charge in [0, 0.05) is 11.6 Å². The van der Waals surface area contributed by atoms with E-state index < -0.39 is 0 Å². The molecule has 0 aliphatic carbocycles. The number of nitrogens with zero attached hydrogens (tertiary/aromatic N) is 1. The maximum absolute atomic E-state index is 10.1. The highest BCUT2D eigenvalue weighted by Crippen LogP contribution is 2.36. The van der Waals surface area contributed by atoms with Gasteiger partial charge in [-0.2, -0.15) is 5.11 Å². The number of ether oxygens (including phenoxy) is 1. The van der Waals surface area contributed by atoms with E-state index in [1.165, 1.54) is 13.2 Å². The van der Waals surface area contributed by atoms with Gasteiger partial charge in [-0.15, -0.1) is 0 Å². The van der Waals surface area contributed by atoms with Crippen molar-refractivity contribution in [3.63, 3.8) is 0 Å². The van der Waals surface area contributed by atoms with E-state index in [-0.39, 0.29) is 12.4 Å². The normalized spacial score (nSPS) is 11.7. The lowest BCUT2D eigenvalue weighted by Gasteiger charge is -2.13. The monoisotopic (exact) mass is 262 g/mol. The van der Waals surface area contributed by atoms with E-state index >= 15 is 0 Å². The summed E-state index contributed by atoms with van der Waals surface area (Å²) in [6, 6.07) is 3.03. The summed E-state index contributed by atoms with van der Waals surface area (Å²) >= 11 is 0. The van der Waals surface area contributed by atoms with Crippen molar-refractivity contribution in [2.45, 2.75) is 20.0 Å². The fourth-order valence-corrected chi connectivity index (χ4v) is 1.87. The number of benzene rings is 1. The van der Waals surface area contributed by atoms with Gasteiger partial charge in [0.25, 0.3) is 0 Å². The van der Waals surface area contributed by atoms with Crippen molar-refractivity contribution in [2.24, 2.45) is 5.11 Å². The molecule has 1 rings (SSSR count). The Kier molecular flexibility index (Phi) is 5.26. The number of rotatable bonds is 6. The maximum Gasteiger partial charge on any atom is 0.129 e. The number of aromatic hydroxyl groups is 1. The first-order valence-electron chi connectivity index (χ1n) is 5.87. The van der Waals surface area contributed by atoms with E-state index in [0.29, 0.717) is 29.0 Å². The van der Waals surface area contributed by atoms with Crippen molar-refractivity contribution in [2.75, 3.05) is 7.11 Å². The van der Waals surface area contributed by atoms with Gasteiger partial charge in [0.2, 0.25) is 0 Å². The molecule has 1 aromatic carbocycles. The molecule has 0 fully saturated rings. The Labute approximate surface area is 112 Å². The number of aliphatic hydroxyl groups excluding tert-OH is 1. The number of allylic oxidation sites excluding steroid dienone is 2. The van der Waals surface area contributed by atoms with Crippen molar-refractivity contribution in [3.05, 3.63) is 41.5 Å². The van der Waals surface area contributed by atoms with Crippen LogP contribution in [0.1, 0.15) is 24.5 Å². The summed E-state index contributed by atoms with van der Waals surface area (Å²) in [5, 5.41) is 23.0. The molecule has 0 amide bonds. The highest BCUT2D eigenvalue weighted by atomic mass is 16.5. The number of methoxy groups -OCH3 is 1. The van der Waals surface area contributed by atoms with Gasteiger partial charge >= 0.3 is 0 Å². The van der Waals surface area contributed by atoms with Crippen LogP contribution in [-0.4, -0.2) is 17.3 Å². The zero-order valence-corrected chi connectivity index (χ0v) is 11.1. The van der Waals surface area contributed by atoms with Crippen LogP contribution in [0.5, 0.6) is 11.5 Å². The van der Waals surface area contributed by atoms with E-state index in [2.05, 4.69) is 11.7 Å². The van der Waals surface area contributed by atoms with Gasteiger partial charge in [0.1, 0.15) is 11.5 Å². The van der Waals surface area contributed by atoms with Crippen LogP contribution in [-0.2, 0) is 6.61 Å². The number of phenolic OH excluding ortho intramolecular Hbond substituents is 1. The van der Waals surface area contributed by atoms with Crippen molar-refractivity contribution in [1.29, 1.82) is 5.53 Å². The summed E-state index contributed by atoms with van der Waals surface area (Å²) in [6.45, 7) is 5.29. The number of hydrogen-bond donors (Lipinski definition) is 3. The zero-order chi connectivity index (χ0) is 14.4. The Balaban J connectivity index is 3.60. The molecular formula is C14H18N2O3. The Hall–Kier alpha value is -2.14. The van der Waals surface area contributed by atoms with Crippen LogP contribution >= 0.6 is 0 Å². The molecule has 0 saturated heterocycles. The first kappa shape index (κ1) is 14.9. The Morgan fingerprint density at radius 1 is 1.53 bits per heavy atom.